The van der Waals surface area contributed by atoms with Gasteiger partial charge in [0.25, 0.3) is 0 Å². The molecular weight excluding hydrogens is 499 g/mol. The number of nitrogens with zero attached hydrogens (tertiary/aromatic N) is 1. The number of amides is 1. The number of aromatic amines is 1. The molecule has 4 rings (SSSR count). The summed E-state index contributed by atoms with van der Waals surface area (Å²) in [5, 5.41) is 11.0. The van der Waals surface area contributed by atoms with E-state index in [4.69, 9.17) is 26.4 Å². The van der Waals surface area contributed by atoms with Crippen molar-refractivity contribution in [2.45, 2.75) is 32.9 Å². The first-order chi connectivity index (χ1) is 18.7. The second-order valence-corrected chi connectivity index (χ2v) is 9.08. The van der Waals surface area contributed by atoms with E-state index in [0.29, 0.717) is 46.3 Å². The number of benzene rings is 3. The molecule has 0 unspecified atom stereocenters. The number of primary amides is 1. The summed E-state index contributed by atoms with van der Waals surface area (Å²) < 4.78 is 27.5. The van der Waals surface area contributed by atoms with E-state index in [1.165, 1.54) is 6.07 Å². The van der Waals surface area contributed by atoms with E-state index in [1.54, 1.807) is 60.8 Å². The van der Waals surface area contributed by atoms with Crippen LogP contribution in [0.1, 0.15) is 54.1 Å². The highest BCUT2D eigenvalue weighted by Gasteiger charge is 2.26. The van der Waals surface area contributed by atoms with E-state index >= 15 is 4.39 Å². The number of H-pyrrole nitrogens is 1. The lowest BCUT2D eigenvalue weighted by Crippen LogP contribution is -2.18. The average molecular weight is 531 g/mol. The van der Waals surface area contributed by atoms with E-state index in [2.05, 4.69) is 15.3 Å². The van der Waals surface area contributed by atoms with Crippen LogP contribution in [0.4, 0.5) is 10.1 Å². The van der Waals surface area contributed by atoms with Crippen molar-refractivity contribution in [2.24, 2.45) is 11.5 Å². The Morgan fingerprint density at radius 2 is 1.85 bits per heavy atom. The third-order valence-corrected chi connectivity index (χ3v) is 5.88. The maximum Gasteiger partial charge on any atom is 0.249 e. The Balaban J connectivity index is 1.85. The summed E-state index contributed by atoms with van der Waals surface area (Å²) in [6.45, 7) is 5.85. The van der Waals surface area contributed by atoms with E-state index in [-0.39, 0.29) is 23.3 Å². The Labute approximate surface area is 225 Å². The Morgan fingerprint density at radius 3 is 2.49 bits per heavy atom. The van der Waals surface area contributed by atoms with Crippen molar-refractivity contribution in [3.05, 3.63) is 95.2 Å². The van der Waals surface area contributed by atoms with Gasteiger partial charge in [-0.15, -0.1) is 0 Å². The maximum atomic E-state index is 16.0. The number of nitrogens with one attached hydrogen (secondary N) is 3. The zero-order valence-electron chi connectivity index (χ0n) is 21.9. The molecule has 1 aromatic heterocycles. The molecule has 0 saturated heterocycles. The van der Waals surface area contributed by atoms with E-state index < -0.39 is 17.8 Å². The van der Waals surface area contributed by atoms with Gasteiger partial charge in [-0.25, -0.2) is 9.37 Å². The zero-order valence-corrected chi connectivity index (χ0v) is 21.9. The van der Waals surface area contributed by atoms with Gasteiger partial charge in [0.2, 0.25) is 5.91 Å². The molecule has 7 N–H and O–H groups in total. The molecule has 3 aromatic carbocycles. The van der Waals surface area contributed by atoms with Crippen molar-refractivity contribution in [1.82, 2.24) is 9.97 Å². The fourth-order valence-corrected chi connectivity index (χ4v) is 4.15. The molecule has 39 heavy (non-hydrogen) atoms. The number of nitrogens with two attached hydrogens (primary N) is 2. The number of hydrogen-bond donors (Lipinski definition) is 5. The number of hydrogen-bond acceptors (Lipinski definition) is 6. The summed E-state index contributed by atoms with van der Waals surface area (Å²) in [5.74, 6) is -0.339. The number of carbonyl (C=O) groups is 1. The number of nitrogen functional groups attached to an aromatic ring is 1. The van der Waals surface area contributed by atoms with Crippen LogP contribution in [0.2, 0.25) is 0 Å². The number of aromatic nitrogens is 2. The minimum absolute atomic E-state index is 0.0514. The fraction of sp³-hybridized carbons (Fsp3) is 0.207. The van der Waals surface area contributed by atoms with Crippen LogP contribution in [-0.4, -0.2) is 34.4 Å². The van der Waals surface area contributed by atoms with Crippen LogP contribution in [-0.2, 0) is 0 Å². The lowest BCUT2D eigenvalue weighted by Gasteiger charge is -2.22. The van der Waals surface area contributed by atoms with Gasteiger partial charge in [0, 0.05) is 34.0 Å². The predicted molar refractivity (Wildman–Crippen MR) is 149 cm³/mol. The van der Waals surface area contributed by atoms with Crippen LogP contribution in [0.3, 0.4) is 0 Å². The quantitative estimate of drug-likeness (QED) is 0.136. The van der Waals surface area contributed by atoms with Crippen molar-refractivity contribution in [3.8, 4) is 22.8 Å². The highest BCUT2D eigenvalue weighted by atomic mass is 19.1. The second kappa shape index (κ2) is 11.7. The minimum atomic E-state index is -0.822. The molecule has 1 amide bonds. The molecule has 4 aromatic rings. The molecule has 202 valence electrons. The zero-order chi connectivity index (χ0) is 28.1. The monoisotopic (exact) mass is 530 g/mol. The second-order valence-electron chi connectivity index (χ2n) is 9.08. The number of carbonyl (C=O) groups excluding carboxylic acids is 1. The van der Waals surface area contributed by atoms with Crippen LogP contribution < -0.4 is 26.3 Å². The van der Waals surface area contributed by atoms with Crippen LogP contribution in [0.25, 0.3) is 11.3 Å². The largest absolute Gasteiger partial charge is 0.494 e. The first-order valence-corrected chi connectivity index (χ1v) is 12.5. The van der Waals surface area contributed by atoms with Gasteiger partial charge < -0.3 is 31.2 Å². The third kappa shape index (κ3) is 6.18. The average Bonchev–Trinajstić information content (AvgIpc) is 3.39. The number of amidine groups is 1. The Kier molecular flexibility index (Phi) is 8.14. The van der Waals surface area contributed by atoms with Gasteiger partial charge in [-0.2, -0.15) is 0 Å². The summed E-state index contributed by atoms with van der Waals surface area (Å²) in [6.07, 6.45) is 1.30. The van der Waals surface area contributed by atoms with E-state index in [1.807, 2.05) is 20.8 Å². The number of anilines is 1. The number of rotatable bonds is 11. The van der Waals surface area contributed by atoms with Crippen molar-refractivity contribution < 1.29 is 18.7 Å². The minimum Gasteiger partial charge on any atom is -0.494 e. The van der Waals surface area contributed by atoms with Crippen molar-refractivity contribution in [3.63, 3.8) is 0 Å². The fourth-order valence-electron chi connectivity index (χ4n) is 4.15. The summed E-state index contributed by atoms with van der Waals surface area (Å²) in [7, 11) is 0. The standard InChI is InChI=1S/C29H31FN6O3/c1-4-38-19-13-22(25(30)24(14-19)39-16(2)3)26(35-18-11-9-17(10-12-18)27(31)32)29-34-15-23(36-29)20-7-5-6-8-21(20)28(33)37/h5-16,26,35H,4H2,1-3H3,(H3,31,32)(H2,33,37)(H,34,36)/t26-/m1/s1. The first kappa shape index (κ1) is 27.2. The van der Waals surface area contributed by atoms with Crippen molar-refractivity contribution in [2.75, 3.05) is 11.9 Å². The van der Waals surface area contributed by atoms with Gasteiger partial charge in [0.05, 0.1) is 24.6 Å². The maximum absolute atomic E-state index is 16.0. The molecule has 0 spiro atoms. The summed E-state index contributed by atoms with van der Waals surface area (Å²) in [5.41, 5.74) is 14.0. The summed E-state index contributed by atoms with van der Waals surface area (Å²) in [4.78, 5) is 19.8. The predicted octanol–water partition coefficient (Wildman–Crippen LogP) is 4.99. The SMILES string of the molecule is CCOc1cc(OC(C)C)c(F)c([C@@H](Nc2ccc(C(=N)N)cc2)c2ncc(-c3ccccc3C(N)=O)[nH]2)c1. The Morgan fingerprint density at radius 1 is 1.13 bits per heavy atom. The number of ether oxygens (including phenoxy) is 2. The Hall–Kier alpha value is -4.86. The first-order valence-electron chi connectivity index (χ1n) is 12.5. The molecule has 0 fully saturated rings. The van der Waals surface area contributed by atoms with Crippen LogP contribution in [0.15, 0.2) is 66.9 Å². The van der Waals surface area contributed by atoms with Gasteiger partial charge in [-0.1, -0.05) is 18.2 Å². The highest BCUT2D eigenvalue weighted by Crippen LogP contribution is 2.36. The summed E-state index contributed by atoms with van der Waals surface area (Å²) >= 11 is 0. The lowest BCUT2D eigenvalue weighted by molar-refractivity contribution is 0.100. The van der Waals surface area contributed by atoms with Crippen LogP contribution in [0, 0.1) is 11.2 Å². The third-order valence-electron chi connectivity index (χ3n) is 5.88. The number of imidazole rings is 1. The van der Waals surface area contributed by atoms with Crippen molar-refractivity contribution in [1.29, 1.82) is 5.41 Å². The van der Waals surface area contributed by atoms with Gasteiger partial charge in [0.1, 0.15) is 23.5 Å². The van der Waals surface area contributed by atoms with Gasteiger partial charge >= 0.3 is 0 Å². The molecule has 9 nitrogen and oxygen atoms in total. The molecule has 0 aliphatic carbocycles. The molecule has 10 heteroatoms. The van der Waals surface area contributed by atoms with Crippen LogP contribution >= 0.6 is 0 Å². The van der Waals surface area contributed by atoms with Gasteiger partial charge in [-0.05, 0) is 57.2 Å². The Bertz CT molecular complexity index is 1480. The molecule has 0 bridgehead atoms. The van der Waals surface area contributed by atoms with Gasteiger partial charge in [-0.3, -0.25) is 10.2 Å². The normalized spacial score (nSPS) is 11.7. The van der Waals surface area contributed by atoms with E-state index in [0.717, 1.165) is 0 Å². The van der Waals surface area contributed by atoms with E-state index in [9.17, 15) is 4.79 Å². The van der Waals surface area contributed by atoms with Gasteiger partial charge in [0.15, 0.2) is 11.6 Å². The number of halogens is 1. The lowest BCUT2D eigenvalue weighted by atomic mass is 10.0. The molecule has 0 aliphatic heterocycles. The molecule has 1 atom stereocenters. The topological polar surface area (TPSA) is 152 Å². The molecular formula is C29H31FN6O3. The highest BCUT2D eigenvalue weighted by molar-refractivity contribution is 5.99. The molecule has 0 radical (unpaired) electrons. The molecule has 0 aliphatic rings. The van der Waals surface area contributed by atoms with Crippen molar-refractivity contribution >= 4 is 17.4 Å². The smallest absolute Gasteiger partial charge is 0.249 e. The molecule has 1 heterocycles. The molecule has 0 saturated carbocycles. The summed E-state index contributed by atoms with van der Waals surface area (Å²) in [6, 6.07) is 16.1. The van der Waals surface area contributed by atoms with Crippen LogP contribution in [0.5, 0.6) is 11.5 Å².